The Hall–Kier alpha value is 1.17. The molecule has 0 heterocycles. The molecule has 0 aliphatic heterocycles. The molecule has 0 N–H and O–H groups in total. The summed E-state index contributed by atoms with van der Waals surface area (Å²) in [6.07, 6.45) is 4.36. The second-order valence-electron chi connectivity index (χ2n) is 1.87. The Kier molecular flexibility index (Phi) is 28.4. The van der Waals surface area contributed by atoms with Crippen molar-refractivity contribution in [2.75, 3.05) is 20.5 Å². The topological polar surface area (TPSA) is 18.5 Å². The van der Waals surface area contributed by atoms with Crippen LogP contribution < -0.4 is 17.0 Å². The molecule has 0 atom stereocenters. The van der Waals surface area contributed by atoms with Crippen LogP contribution in [0.25, 0.3) is 0 Å². The van der Waals surface area contributed by atoms with Crippen LogP contribution in [0.2, 0.25) is 0 Å². The van der Waals surface area contributed by atoms with E-state index in [0.29, 0.717) is 6.79 Å². The van der Waals surface area contributed by atoms with Gasteiger partial charge in [0.25, 0.3) is 0 Å². The van der Waals surface area contributed by atoms with E-state index in [-0.39, 0.29) is 40.0 Å². The minimum absolute atomic E-state index is 0. The van der Waals surface area contributed by atoms with Gasteiger partial charge in [-0.05, 0) is 0 Å². The standard InChI is InChI=1S/C7H15O2.BrH.Mg/c1-3-4-5-6-9-7-8-2;;/h3H,4-7H2,1-2H3;1H;/q-1;;+2/p-1. The summed E-state index contributed by atoms with van der Waals surface area (Å²) in [5.74, 6) is 0. The number of ether oxygens (including phenoxy) is 2. The first-order valence-corrected chi connectivity index (χ1v) is 3.26. The molecule has 0 radical (unpaired) electrons. The van der Waals surface area contributed by atoms with Crippen molar-refractivity contribution < 1.29 is 26.5 Å². The van der Waals surface area contributed by atoms with Crippen molar-refractivity contribution in [1.82, 2.24) is 0 Å². The fourth-order valence-corrected chi connectivity index (χ4v) is 0.532. The van der Waals surface area contributed by atoms with Gasteiger partial charge in [0.15, 0.2) is 0 Å². The van der Waals surface area contributed by atoms with Crippen LogP contribution in [-0.4, -0.2) is 43.6 Å². The summed E-state index contributed by atoms with van der Waals surface area (Å²) in [5, 5.41) is 0. The average Bonchev–Trinajstić information content (AvgIpc) is 1.89. The smallest absolute Gasteiger partial charge is 1.00 e. The van der Waals surface area contributed by atoms with Gasteiger partial charge < -0.3 is 32.9 Å². The predicted octanol–water partition coefficient (Wildman–Crippen LogP) is -1.77. The Bertz CT molecular complexity index is 49.7. The van der Waals surface area contributed by atoms with Crippen LogP contribution in [0.4, 0.5) is 0 Å². The van der Waals surface area contributed by atoms with Gasteiger partial charge in [0.05, 0.1) is 0 Å². The van der Waals surface area contributed by atoms with Crippen LogP contribution in [0.15, 0.2) is 0 Å². The Morgan fingerprint density at radius 2 is 2.00 bits per heavy atom. The molecular weight excluding hydrogens is 220 g/mol. The van der Waals surface area contributed by atoms with Gasteiger partial charge in [0.2, 0.25) is 0 Å². The number of methoxy groups -OCH3 is 1. The average molecular weight is 235 g/mol. The second kappa shape index (κ2) is 17.3. The molecule has 0 aromatic carbocycles. The van der Waals surface area contributed by atoms with Crippen molar-refractivity contribution in [3.05, 3.63) is 6.42 Å². The number of hydrogen-bond donors (Lipinski definition) is 0. The Labute approximate surface area is 95.9 Å². The number of unbranched alkanes of at least 4 members (excludes halogenated alkanes) is 2. The van der Waals surface area contributed by atoms with Gasteiger partial charge in [0.1, 0.15) is 6.79 Å². The summed E-state index contributed by atoms with van der Waals surface area (Å²) in [6, 6.07) is 0. The third-order valence-corrected chi connectivity index (χ3v) is 0.983. The zero-order chi connectivity index (χ0) is 6.95. The van der Waals surface area contributed by atoms with E-state index in [9.17, 15) is 0 Å². The minimum atomic E-state index is 0. The molecule has 4 heteroatoms. The Morgan fingerprint density at radius 3 is 2.45 bits per heavy atom. The first-order valence-electron chi connectivity index (χ1n) is 3.26. The van der Waals surface area contributed by atoms with Gasteiger partial charge in [-0.25, -0.2) is 0 Å². The van der Waals surface area contributed by atoms with E-state index in [1.165, 1.54) is 0 Å². The molecule has 0 spiro atoms. The summed E-state index contributed by atoms with van der Waals surface area (Å²) in [4.78, 5) is 0. The third kappa shape index (κ3) is 18.3. The Morgan fingerprint density at radius 1 is 1.36 bits per heavy atom. The molecule has 0 aliphatic carbocycles. The van der Waals surface area contributed by atoms with E-state index < -0.39 is 0 Å². The van der Waals surface area contributed by atoms with Crippen molar-refractivity contribution in [3.8, 4) is 0 Å². The van der Waals surface area contributed by atoms with Crippen molar-refractivity contribution in [1.29, 1.82) is 0 Å². The maximum Gasteiger partial charge on any atom is 2.00 e. The zero-order valence-electron chi connectivity index (χ0n) is 7.31. The zero-order valence-corrected chi connectivity index (χ0v) is 10.3. The first-order chi connectivity index (χ1) is 4.41. The largest absolute Gasteiger partial charge is 2.00 e. The predicted molar refractivity (Wildman–Crippen MR) is 42.8 cm³/mol. The summed E-state index contributed by atoms with van der Waals surface area (Å²) >= 11 is 0. The monoisotopic (exact) mass is 234 g/mol. The SMILES string of the molecule is C[CH-]CCCOCOC.[Br-].[Mg+2]. The maximum absolute atomic E-state index is 5.04. The van der Waals surface area contributed by atoms with Gasteiger partial charge >= 0.3 is 23.1 Å². The molecule has 0 aromatic heterocycles. The van der Waals surface area contributed by atoms with Crippen LogP contribution in [0, 0.1) is 6.42 Å². The fraction of sp³-hybridized carbons (Fsp3) is 0.857. The third-order valence-electron chi connectivity index (χ3n) is 0.983. The van der Waals surface area contributed by atoms with Gasteiger partial charge in [0, 0.05) is 13.7 Å². The van der Waals surface area contributed by atoms with E-state index in [1.807, 2.05) is 0 Å². The minimum Gasteiger partial charge on any atom is -1.00 e. The van der Waals surface area contributed by atoms with Crippen molar-refractivity contribution in [2.45, 2.75) is 19.8 Å². The van der Waals surface area contributed by atoms with E-state index in [1.54, 1.807) is 7.11 Å². The molecule has 0 rings (SSSR count). The second-order valence-corrected chi connectivity index (χ2v) is 1.87. The van der Waals surface area contributed by atoms with E-state index in [2.05, 4.69) is 18.1 Å². The molecule has 11 heavy (non-hydrogen) atoms. The maximum atomic E-state index is 5.04. The van der Waals surface area contributed by atoms with Gasteiger partial charge in [-0.3, -0.25) is 0 Å². The molecule has 0 amide bonds. The van der Waals surface area contributed by atoms with E-state index >= 15 is 0 Å². The molecule has 0 saturated carbocycles. The van der Waals surface area contributed by atoms with E-state index in [4.69, 9.17) is 4.74 Å². The summed E-state index contributed by atoms with van der Waals surface area (Å²) in [7, 11) is 1.63. The van der Waals surface area contributed by atoms with Crippen LogP contribution in [0.1, 0.15) is 19.8 Å². The van der Waals surface area contributed by atoms with Gasteiger partial charge in [-0.2, -0.15) is 13.3 Å². The van der Waals surface area contributed by atoms with Crippen LogP contribution in [-0.2, 0) is 9.47 Å². The fourth-order valence-electron chi connectivity index (χ4n) is 0.532. The summed E-state index contributed by atoms with van der Waals surface area (Å²) < 4.78 is 9.73. The molecule has 0 aromatic rings. The molecule has 0 aliphatic rings. The van der Waals surface area contributed by atoms with Gasteiger partial charge in [-0.15, -0.1) is 0 Å². The summed E-state index contributed by atoms with van der Waals surface area (Å²) in [6.45, 7) is 3.28. The molecular formula is C7H15BrMgO2. The van der Waals surface area contributed by atoms with Crippen LogP contribution >= 0.6 is 0 Å². The Balaban J connectivity index is -0.000000320. The quantitative estimate of drug-likeness (QED) is 0.235. The summed E-state index contributed by atoms with van der Waals surface area (Å²) in [5.41, 5.74) is 0. The molecule has 0 unspecified atom stereocenters. The van der Waals surface area contributed by atoms with Crippen molar-refractivity contribution in [2.24, 2.45) is 0 Å². The van der Waals surface area contributed by atoms with Crippen molar-refractivity contribution in [3.63, 3.8) is 0 Å². The molecule has 0 saturated heterocycles. The number of halogens is 1. The van der Waals surface area contributed by atoms with Crippen molar-refractivity contribution >= 4 is 23.1 Å². The van der Waals surface area contributed by atoms with E-state index in [0.717, 1.165) is 19.4 Å². The normalized spacial score (nSPS) is 8.18. The van der Waals surface area contributed by atoms with Gasteiger partial charge in [-0.1, -0.05) is 6.42 Å². The molecule has 64 valence electrons. The molecule has 0 bridgehead atoms. The first kappa shape index (κ1) is 18.1. The number of hydrogen-bond acceptors (Lipinski definition) is 2. The number of rotatable bonds is 6. The van der Waals surface area contributed by atoms with Crippen LogP contribution in [0.3, 0.4) is 0 Å². The van der Waals surface area contributed by atoms with Crippen LogP contribution in [0.5, 0.6) is 0 Å². The molecule has 0 fully saturated rings. The molecule has 2 nitrogen and oxygen atoms in total.